The summed E-state index contributed by atoms with van der Waals surface area (Å²) in [5, 5.41) is 16.2. The van der Waals surface area contributed by atoms with Gasteiger partial charge in [0.05, 0.1) is 25.9 Å². The fourth-order valence-corrected chi connectivity index (χ4v) is 2.88. The number of ether oxygens (including phenoxy) is 2. The third kappa shape index (κ3) is 11.4. The molecule has 0 fully saturated rings. The van der Waals surface area contributed by atoms with Crippen molar-refractivity contribution in [3.63, 3.8) is 0 Å². The van der Waals surface area contributed by atoms with Crippen molar-refractivity contribution in [3.05, 3.63) is 35.9 Å². The minimum atomic E-state index is -1.03. The molecule has 1 aromatic rings. The number of carbonyl (C=O) groups is 4. The summed E-state index contributed by atoms with van der Waals surface area (Å²) >= 11 is 0. The van der Waals surface area contributed by atoms with Crippen LogP contribution in [-0.4, -0.2) is 67.2 Å². The van der Waals surface area contributed by atoms with E-state index in [1.807, 2.05) is 44.2 Å². The van der Waals surface area contributed by atoms with Crippen molar-refractivity contribution in [1.29, 1.82) is 0 Å². The van der Waals surface area contributed by atoms with E-state index in [0.717, 1.165) is 5.56 Å². The van der Waals surface area contributed by atoms with Crippen molar-refractivity contribution in [2.45, 2.75) is 52.3 Å². The van der Waals surface area contributed by atoms with E-state index in [9.17, 15) is 19.2 Å². The van der Waals surface area contributed by atoms with E-state index >= 15 is 0 Å². The highest BCUT2D eigenvalue weighted by atomic mass is 16.5. The summed E-state index contributed by atoms with van der Waals surface area (Å²) in [6.45, 7) is 5.75. The topological polar surface area (TPSA) is 143 Å². The lowest BCUT2D eigenvalue weighted by Crippen LogP contribution is -2.54. The van der Waals surface area contributed by atoms with E-state index in [0.29, 0.717) is 6.42 Å². The molecule has 0 saturated heterocycles. The Kier molecular flexibility index (Phi) is 13.4. The zero-order chi connectivity index (χ0) is 24.6. The highest BCUT2D eigenvalue weighted by Gasteiger charge is 2.29. The third-order valence-corrected chi connectivity index (χ3v) is 4.56. The molecule has 1 aromatic carbocycles. The second-order valence-corrected chi connectivity index (χ2v) is 7.81. The van der Waals surface area contributed by atoms with Crippen molar-refractivity contribution in [2.75, 3.05) is 26.4 Å². The van der Waals surface area contributed by atoms with E-state index in [-0.39, 0.29) is 45.3 Å². The number of Topliss-reactive ketones (excluding diaryl/α,β-unsaturated/α-hetero) is 1. The van der Waals surface area contributed by atoms with Gasteiger partial charge in [-0.3, -0.25) is 14.4 Å². The zero-order valence-electron chi connectivity index (χ0n) is 19.5. The van der Waals surface area contributed by atoms with Gasteiger partial charge in [0.25, 0.3) is 5.91 Å². The van der Waals surface area contributed by atoms with Crippen molar-refractivity contribution < 1.29 is 33.8 Å². The molecule has 0 spiro atoms. The molecule has 10 heteroatoms. The largest absolute Gasteiger partial charge is 0.445 e. The quantitative estimate of drug-likeness (QED) is 0.223. The minimum absolute atomic E-state index is 0.0565. The van der Waals surface area contributed by atoms with Crippen LogP contribution in [0.15, 0.2) is 30.3 Å². The maximum Gasteiger partial charge on any atom is 0.408 e. The van der Waals surface area contributed by atoms with Gasteiger partial charge in [-0.15, -0.1) is 0 Å². The maximum atomic E-state index is 12.8. The van der Waals surface area contributed by atoms with Gasteiger partial charge < -0.3 is 30.5 Å². The second kappa shape index (κ2) is 15.8. The van der Waals surface area contributed by atoms with Crippen LogP contribution in [0.1, 0.15) is 39.2 Å². The molecule has 0 bridgehead atoms. The van der Waals surface area contributed by atoms with Gasteiger partial charge in [-0.25, -0.2) is 4.79 Å². The molecule has 0 saturated carbocycles. The average Bonchev–Trinajstić information content (AvgIpc) is 2.80. The number of hydrogen-bond donors (Lipinski definition) is 4. The van der Waals surface area contributed by atoms with E-state index in [1.54, 1.807) is 6.92 Å². The van der Waals surface area contributed by atoms with Gasteiger partial charge in [-0.2, -0.15) is 0 Å². The number of carbonyl (C=O) groups excluding carboxylic acids is 4. The molecular weight excluding hydrogens is 430 g/mol. The zero-order valence-corrected chi connectivity index (χ0v) is 19.5. The number of hydrogen-bond acceptors (Lipinski definition) is 7. The first-order valence-electron chi connectivity index (χ1n) is 11.1. The van der Waals surface area contributed by atoms with Gasteiger partial charge >= 0.3 is 6.09 Å². The van der Waals surface area contributed by atoms with Crippen LogP contribution < -0.4 is 16.0 Å². The molecule has 0 aliphatic rings. The highest BCUT2D eigenvalue weighted by Crippen LogP contribution is 2.08. The molecule has 0 aromatic heterocycles. The Labute approximate surface area is 194 Å². The van der Waals surface area contributed by atoms with Crippen molar-refractivity contribution in [1.82, 2.24) is 16.0 Å². The number of alkyl carbamates (subject to hydrolysis) is 1. The number of rotatable bonds is 15. The number of aliphatic hydroxyl groups is 1. The molecule has 2 atom stereocenters. The molecule has 4 N–H and O–H groups in total. The number of amides is 3. The standard InChI is InChI=1S/C23H35N3O7/c1-4-18(20(28)22(30)24-10-12-32-13-11-27)25-21(29)19(14-16(2)3)26-23(31)33-15-17-8-6-5-7-9-17/h5-9,16,18-19,27H,4,10-15H2,1-3H3,(H,24,30)(H,25,29)(H,26,31)/t18?,19-/m0/s1. The predicted octanol–water partition coefficient (Wildman–Crippen LogP) is 0.917. The Bertz CT molecular complexity index is 756. The van der Waals surface area contributed by atoms with E-state index in [1.165, 1.54) is 0 Å². The first-order chi connectivity index (χ1) is 15.8. The summed E-state index contributed by atoms with van der Waals surface area (Å²) < 4.78 is 10.2. The summed E-state index contributed by atoms with van der Waals surface area (Å²) in [5.74, 6) is -2.12. The lowest BCUT2D eigenvalue weighted by atomic mass is 10.0. The van der Waals surface area contributed by atoms with Crippen molar-refractivity contribution in [2.24, 2.45) is 5.92 Å². The molecule has 1 rings (SSSR count). The van der Waals surface area contributed by atoms with Gasteiger partial charge in [-0.1, -0.05) is 51.1 Å². The lowest BCUT2D eigenvalue weighted by Gasteiger charge is -2.23. The summed E-state index contributed by atoms with van der Waals surface area (Å²) in [6, 6.07) is 7.17. The Balaban J connectivity index is 2.63. The van der Waals surface area contributed by atoms with Gasteiger partial charge in [0.1, 0.15) is 12.6 Å². The molecule has 0 aliphatic heterocycles. The van der Waals surface area contributed by atoms with Crippen LogP contribution in [0, 0.1) is 5.92 Å². The Morgan fingerprint density at radius 1 is 1.00 bits per heavy atom. The fraction of sp³-hybridized carbons (Fsp3) is 0.565. The summed E-state index contributed by atoms with van der Waals surface area (Å²) in [7, 11) is 0. The van der Waals surface area contributed by atoms with Crippen LogP contribution >= 0.6 is 0 Å². The monoisotopic (exact) mass is 465 g/mol. The molecule has 3 amide bonds. The van der Waals surface area contributed by atoms with Crippen LogP contribution in [-0.2, 0) is 30.5 Å². The number of aliphatic hydroxyl groups excluding tert-OH is 1. The van der Waals surface area contributed by atoms with Crippen LogP contribution in [0.2, 0.25) is 0 Å². The first kappa shape index (κ1) is 28.1. The Morgan fingerprint density at radius 2 is 1.70 bits per heavy atom. The van der Waals surface area contributed by atoms with E-state index < -0.39 is 35.8 Å². The van der Waals surface area contributed by atoms with Crippen molar-refractivity contribution >= 4 is 23.7 Å². The normalized spacial score (nSPS) is 12.5. The Hall–Kier alpha value is -2.98. The second-order valence-electron chi connectivity index (χ2n) is 7.81. The summed E-state index contributed by atoms with van der Waals surface area (Å²) in [5.41, 5.74) is 0.807. The number of benzene rings is 1. The van der Waals surface area contributed by atoms with E-state index in [2.05, 4.69) is 16.0 Å². The average molecular weight is 466 g/mol. The van der Waals surface area contributed by atoms with Crippen LogP contribution in [0.3, 0.4) is 0 Å². The Morgan fingerprint density at radius 3 is 2.30 bits per heavy atom. The van der Waals surface area contributed by atoms with Gasteiger partial charge in [0.2, 0.25) is 11.7 Å². The van der Waals surface area contributed by atoms with Crippen LogP contribution in [0.25, 0.3) is 0 Å². The molecule has 0 heterocycles. The van der Waals surface area contributed by atoms with Crippen LogP contribution in [0.4, 0.5) is 4.79 Å². The molecule has 1 unspecified atom stereocenters. The maximum absolute atomic E-state index is 12.8. The SMILES string of the molecule is CCC(NC(=O)[C@H](CC(C)C)NC(=O)OCc1ccccc1)C(=O)C(=O)NCCOCCO. The van der Waals surface area contributed by atoms with Gasteiger partial charge in [0, 0.05) is 6.54 Å². The molecular formula is C23H35N3O7. The molecule has 0 radical (unpaired) electrons. The number of nitrogens with one attached hydrogen (secondary N) is 3. The van der Waals surface area contributed by atoms with E-state index in [4.69, 9.17) is 14.6 Å². The van der Waals surface area contributed by atoms with Crippen LogP contribution in [0.5, 0.6) is 0 Å². The van der Waals surface area contributed by atoms with Gasteiger partial charge in [-0.05, 0) is 24.3 Å². The smallest absolute Gasteiger partial charge is 0.408 e. The fourth-order valence-electron chi connectivity index (χ4n) is 2.88. The molecule has 10 nitrogen and oxygen atoms in total. The highest BCUT2D eigenvalue weighted by molar-refractivity contribution is 6.38. The van der Waals surface area contributed by atoms with Crippen molar-refractivity contribution in [3.8, 4) is 0 Å². The van der Waals surface area contributed by atoms with Gasteiger partial charge in [0.15, 0.2) is 0 Å². The molecule has 33 heavy (non-hydrogen) atoms. The minimum Gasteiger partial charge on any atom is -0.445 e. The summed E-state index contributed by atoms with van der Waals surface area (Å²) in [4.78, 5) is 49.6. The molecule has 184 valence electrons. The summed E-state index contributed by atoms with van der Waals surface area (Å²) in [6.07, 6.45) is -0.225. The lowest BCUT2D eigenvalue weighted by molar-refractivity contribution is -0.140. The first-order valence-corrected chi connectivity index (χ1v) is 11.1. The molecule has 0 aliphatic carbocycles. The third-order valence-electron chi connectivity index (χ3n) is 4.56. The predicted molar refractivity (Wildman–Crippen MR) is 121 cm³/mol. The number of ketones is 1.